The molecule has 4 nitrogen and oxygen atoms in total. The second-order valence-electron chi connectivity index (χ2n) is 4.88. The smallest absolute Gasteiger partial charge is 0.234 e. The number of likely N-dealkylation sites (N-methyl/N-ethyl adjacent to an activating group) is 1. The highest BCUT2D eigenvalue weighted by Crippen LogP contribution is 2.26. The summed E-state index contributed by atoms with van der Waals surface area (Å²) < 4.78 is 0. The van der Waals surface area contributed by atoms with Crippen molar-refractivity contribution in [3.63, 3.8) is 0 Å². The molecule has 1 aliphatic carbocycles. The lowest BCUT2D eigenvalue weighted by atomic mass is 9.85. The molecule has 2 atom stereocenters. The Bertz CT molecular complexity index is 220. The van der Waals surface area contributed by atoms with Gasteiger partial charge in [0.2, 0.25) is 5.91 Å². The summed E-state index contributed by atoms with van der Waals surface area (Å²) in [5, 5.41) is 2.81. The van der Waals surface area contributed by atoms with Gasteiger partial charge in [0.15, 0.2) is 0 Å². The number of rotatable bonds is 5. The number of hydrogen-bond acceptors (Lipinski definition) is 3. The molecule has 3 N–H and O–H groups in total. The molecular weight excluding hydrogens is 202 g/mol. The fraction of sp³-hybridized carbons (Fsp3) is 0.917. The molecule has 0 radical (unpaired) electrons. The molecule has 0 aromatic rings. The molecule has 0 aromatic carbocycles. The van der Waals surface area contributed by atoms with Crippen LogP contribution in [0.1, 0.15) is 32.6 Å². The van der Waals surface area contributed by atoms with Gasteiger partial charge in [-0.3, -0.25) is 9.69 Å². The molecule has 0 spiro atoms. The summed E-state index contributed by atoms with van der Waals surface area (Å²) in [5.41, 5.74) is 5.34. The summed E-state index contributed by atoms with van der Waals surface area (Å²) in [6.45, 7) is 3.87. The van der Waals surface area contributed by atoms with Crippen molar-refractivity contribution in [2.24, 2.45) is 11.7 Å². The van der Waals surface area contributed by atoms with Crippen molar-refractivity contribution in [2.45, 2.75) is 38.6 Å². The van der Waals surface area contributed by atoms with Crippen LogP contribution in [0.4, 0.5) is 0 Å². The lowest BCUT2D eigenvalue weighted by Crippen LogP contribution is -2.45. The molecule has 0 aliphatic heterocycles. The first-order chi connectivity index (χ1) is 7.65. The summed E-state index contributed by atoms with van der Waals surface area (Å²) in [6.07, 6.45) is 5.15. The molecule has 0 saturated heterocycles. The zero-order valence-corrected chi connectivity index (χ0v) is 10.5. The van der Waals surface area contributed by atoms with Gasteiger partial charge in [-0.05, 0) is 25.8 Å². The van der Waals surface area contributed by atoms with Crippen LogP contribution in [0.5, 0.6) is 0 Å². The second-order valence-corrected chi connectivity index (χ2v) is 4.88. The average Bonchev–Trinajstić information content (AvgIpc) is 2.26. The fourth-order valence-electron chi connectivity index (χ4n) is 2.56. The third-order valence-electron chi connectivity index (χ3n) is 3.49. The maximum Gasteiger partial charge on any atom is 0.234 e. The molecule has 0 aromatic heterocycles. The van der Waals surface area contributed by atoms with Gasteiger partial charge in [0.05, 0.1) is 6.54 Å². The lowest BCUT2D eigenvalue weighted by molar-refractivity contribution is -0.122. The van der Waals surface area contributed by atoms with Gasteiger partial charge < -0.3 is 11.1 Å². The number of nitrogens with zero attached hydrogens (tertiary/aromatic N) is 1. The van der Waals surface area contributed by atoms with Crippen molar-refractivity contribution in [1.29, 1.82) is 0 Å². The molecule has 0 heterocycles. The Morgan fingerprint density at radius 1 is 1.44 bits per heavy atom. The van der Waals surface area contributed by atoms with E-state index >= 15 is 0 Å². The Balaban J connectivity index is 2.32. The van der Waals surface area contributed by atoms with Gasteiger partial charge in [-0.25, -0.2) is 0 Å². The number of nitrogens with one attached hydrogen (secondary N) is 1. The Morgan fingerprint density at radius 3 is 2.75 bits per heavy atom. The largest absolute Gasteiger partial charge is 0.354 e. The van der Waals surface area contributed by atoms with Crippen molar-refractivity contribution >= 4 is 5.91 Å². The van der Waals surface area contributed by atoms with Crippen LogP contribution in [0.25, 0.3) is 0 Å². The maximum absolute atomic E-state index is 11.6. The quantitative estimate of drug-likeness (QED) is 0.722. The summed E-state index contributed by atoms with van der Waals surface area (Å²) in [7, 11) is 2.05. The van der Waals surface area contributed by atoms with Crippen LogP contribution < -0.4 is 11.1 Å². The van der Waals surface area contributed by atoms with Gasteiger partial charge in [-0.1, -0.05) is 19.8 Å². The monoisotopic (exact) mass is 227 g/mol. The highest BCUT2D eigenvalue weighted by atomic mass is 16.2. The number of carbonyl (C=O) groups is 1. The first kappa shape index (κ1) is 13.5. The summed E-state index contributed by atoms with van der Waals surface area (Å²) in [6, 6.07) is 0.567. The Kier molecular flexibility index (Phi) is 5.77. The minimum absolute atomic E-state index is 0.0886. The van der Waals surface area contributed by atoms with Crippen molar-refractivity contribution in [3.8, 4) is 0 Å². The van der Waals surface area contributed by atoms with Crippen molar-refractivity contribution in [3.05, 3.63) is 0 Å². The number of amides is 1. The third-order valence-corrected chi connectivity index (χ3v) is 3.49. The molecule has 0 bridgehead atoms. The number of nitrogens with two attached hydrogens (primary N) is 1. The molecule has 4 heteroatoms. The van der Waals surface area contributed by atoms with Crippen molar-refractivity contribution in [2.75, 3.05) is 26.7 Å². The van der Waals surface area contributed by atoms with Crippen molar-refractivity contribution in [1.82, 2.24) is 10.2 Å². The standard InChI is InChI=1S/C12H25N3O/c1-10-5-3-4-6-11(10)15(2)9-12(16)14-8-7-13/h10-11H,3-9,13H2,1-2H3,(H,14,16). The first-order valence-electron chi connectivity index (χ1n) is 6.32. The van der Waals surface area contributed by atoms with Gasteiger partial charge in [0.25, 0.3) is 0 Å². The predicted molar refractivity (Wildman–Crippen MR) is 66.1 cm³/mol. The Hall–Kier alpha value is -0.610. The molecule has 2 unspecified atom stereocenters. The molecule has 16 heavy (non-hydrogen) atoms. The minimum Gasteiger partial charge on any atom is -0.354 e. The van der Waals surface area contributed by atoms with E-state index in [4.69, 9.17) is 5.73 Å². The Labute approximate surface area is 98.6 Å². The molecule has 1 saturated carbocycles. The van der Waals surface area contributed by atoms with Crippen LogP contribution in [0, 0.1) is 5.92 Å². The first-order valence-corrected chi connectivity index (χ1v) is 6.32. The maximum atomic E-state index is 11.6. The van der Waals surface area contributed by atoms with E-state index in [2.05, 4.69) is 24.2 Å². The highest BCUT2D eigenvalue weighted by molar-refractivity contribution is 5.77. The number of hydrogen-bond donors (Lipinski definition) is 2. The van der Waals surface area contributed by atoms with E-state index in [0.717, 1.165) is 0 Å². The van der Waals surface area contributed by atoms with E-state index in [1.165, 1.54) is 25.7 Å². The molecule has 1 rings (SSSR count). The van der Waals surface area contributed by atoms with E-state index in [-0.39, 0.29) is 5.91 Å². The highest BCUT2D eigenvalue weighted by Gasteiger charge is 2.25. The van der Waals surface area contributed by atoms with Gasteiger partial charge >= 0.3 is 0 Å². The van der Waals surface area contributed by atoms with Crippen LogP contribution in [0.2, 0.25) is 0 Å². The summed E-state index contributed by atoms with van der Waals surface area (Å²) in [5.74, 6) is 0.798. The van der Waals surface area contributed by atoms with E-state index in [1.807, 2.05) is 0 Å². The van der Waals surface area contributed by atoms with Gasteiger partial charge in [0, 0.05) is 19.1 Å². The Morgan fingerprint density at radius 2 is 2.12 bits per heavy atom. The molecule has 94 valence electrons. The molecular formula is C12H25N3O. The topological polar surface area (TPSA) is 58.4 Å². The van der Waals surface area contributed by atoms with Gasteiger partial charge in [0.1, 0.15) is 0 Å². The minimum atomic E-state index is 0.0886. The van der Waals surface area contributed by atoms with E-state index < -0.39 is 0 Å². The molecule has 1 fully saturated rings. The van der Waals surface area contributed by atoms with E-state index in [9.17, 15) is 4.79 Å². The predicted octanol–water partition coefficient (Wildman–Crippen LogP) is 0.572. The average molecular weight is 227 g/mol. The fourth-order valence-corrected chi connectivity index (χ4v) is 2.56. The number of carbonyl (C=O) groups excluding carboxylic acids is 1. The van der Waals surface area contributed by atoms with Crippen molar-refractivity contribution < 1.29 is 4.79 Å². The van der Waals surface area contributed by atoms with Crippen LogP contribution in [-0.4, -0.2) is 43.5 Å². The SMILES string of the molecule is CC1CCCCC1N(C)CC(=O)NCCN. The van der Waals surface area contributed by atoms with Gasteiger partial charge in [-0.2, -0.15) is 0 Å². The van der Waals surface area contributed by atoms with E-state index in [0.29, 0.717) is 31.6 Å². The third kappa shape index (κ3) is 4.10. The van der Waals surface area contributed by atoms with Crippen LogP contribution in [0.3, 0.4) is 0 Å². The normalized spacial score (nSPS) is 25.8. The summed E-state index contributed by atoms with van der Waals surface area (Å²) >= 11 is 0. The van der Waals surface area contributed by atoms with E-state index in [1.54, 1.807) is 0 Å². The second kappa shape index (κ2) is 6.86. The van der Waals surface area contributed by atoms with Crippen LogP contribution >= 0.6 is 0 Å². The van der Waals surface area contributed by atoms with Crippen LogP contribution in [-0.2, 0) is 4.79 Å². The zero-order valence-electron chi connectivity index (χ0n) is 10.5. The van der Waals surface area contributed by atoms with Crippen LogP contribution in [0.15, 0.2) is 0 Å². The molecule has 1 amide bonds. The van der Waals surface area contributed by atoms with Gasteiger partial charge in [-0.15, -0.1) is 0 Å². The lowest BCUT2D eigenvalue weighted by Gasteiger charge is -2.35. The zero-order chi connectivity index (χ0) is 12.0. The summed E-state index contributed by atoms with van der Waals surface area (Å²) in [4.78, 5) is 13.7. The molecule has 1 aliphatic rings.